The number of nitrogens with zero attached hydrogens (tertiary/aromatic N) is 1. The Morgan fingerprint density at radius 1 is 1.04 bits per heavy atom. The van der Waals surface area contributed by atoms with Crippen LogP contribution >= 0.6 is 0 Å². The number of ether oxygens (including phenoxy) is 5. The maximum Gasteiger partial charge on any atom is 0.306 e. The molecule has 0 amide bonds. The van der Waals surface area contributed by atoms with Gasteiger partial charge in [-0.05, 0) is 60.5 Å². The third-order valence-corrected chi connectivity index (χ3v) is 17.0. The van der Waals surface area contributed by atoms with Crippen molar-refractivity contribution in [2.75, 3.05) is 39.7 Å². The Balaban J connectivity index is 1.37. The van der Waals surface area contributed by atoms with E-state index in [-0.39, 0.29) is 55.1 Å². The summed E-state index contributed by atoms with van der Waals surface area (Å²) >= 11 is 0. The second-order valence-corrected chi connectivity index (χ2v) is 22.9. The van der Waals surface area contributed by atoms with Crippen molar-refractivity contribution >= 4 is 24.3 Å². The van der Waals surface area contributed by atoms with Gasteiger partial charge in [0.2, 0.25) is 16.8 Å². The van der Waals surface area contributed by atoms with E-state index in [9.17, 15) is 18.3 Å². The van der Waals surface area contributed by atoms with Crippen molar-refractivity contribution in [3.63, 3.8) is 0 Å². The van der Waals surface area contributed by atoms with E-state index in [0.29, 0.717) is 37.6 Å². The van der Waals surface area contributed by atoms with Crippen molar-refractivity contribution in [2.45, 2.75) is 102 Å². The summed E-state index contributed by atoms with van der Waals surface area (Å²) in [4.78, 5) is 13.4. The van der Waals surface area contributed by atoms with Crippen LogP contribution in [0.4, 0.5) is 0 Å². The van der Waals surface area contributed by atoms with Gasteiger partial charge >= 0.3 is 5.97 Å². The minimum Gasteiger partial charge on any atom is -0.459 e. The van der Waals surface area contributed by atoms with Gasteiger partial charge in [0.05, 0.1) is 36.6 Å². The van der Waals surface area contributed by atoms with Gasteiger partial charge in [-0.1, -0.05) is 65.0 Å². The molecule has 278 valence electrons. The first kappa shape index (κ1) is 38.7. The lowest BCUT2D eigenvalue weighted by molar-refractivity contribution is -0.153. The summed E-state index contributed by atoms with van der Waals surface area (Å²) in [6.45, 7) is 16.2. The smallest absolute Gasteiger partial charge is 0.306 e. The zero-order valence-corrected chi connectivity index (χ0v) is 32.4. The van der Waals surface area contributed by atoms with Crippen LogP contribution in [0.1, 0.15) is 59.4 Å². The van der Waals surface area contributed by atoms with Gasteiger partial charge in [-0.3, -0.25) is 4.79 Å². The van der Waals surface area contributed by atoms with E-state index in [0.717, 1.165) is 12.0 Å². The average molecular weight is 734 g/mol. The number of esters is 1. The van der Waals surface area contributed by atoms with Crippen LogP contribution in [0, 0.1) is 17.3 Å². The molecule has 50 heavy (non-hydrogen) atoms. The van der Waals surface area contributed by atoms with Crippen LogP contribution < -0.4 is 9.47 Å². The molecule has 3 aliphatic heterocycles. The first-order chi connectivity index (χ1) is 23.4. The summed E-state index contributed by atoms with van der Waals surface area (Å²) in [5.74, 6) is -0.268. The molecule has 2 aromatic carbocycles. The zero-order valence-electron chi connectivity index (χ0n) is 30.6. The lowest BCUT2D eigenvalue weighted by atomic mass is 9.88. The number of aliphatic hydroxyl groups is 1. The molecule has 2 aromatic rings. The first-order valence-corrected chi connectivity index (χ1v) is 22.0. The Bertz CT molecular complexity index is 1560. The molecule has 0 radical (unpaired) electrons. The topological polar surface area (TPSA) is 130 Å². The first-order valence-electron chi connectivity index (χ1n) is 17.6. The highest BCUT2D eigenvalue weighted by molar-refractivity contribution is 7.89. The van der Waals surface area contributed by atoms with E-state index in [1.54, 1.807) is 6.07 Å². The molecular formula is C37H55NO10SSi. The molecule has 0 bridgehead atoms. The average Bonchev–Trinajstić information content (AvgIpc) is 3.79. The third kappa shape index (κ3) is 9.47. The molecule has 13 heteroatoms. The second kappa shape index (κ2) is 15.6. The molecule has 5 rings (SSSR count). The molecule has 0 aliphatic carbocycles. The Morgan fingerprint density at radius 2 is 1.76 bits per heavy atom. The van der Waals surface area contributed by atoms with Gasteiger partial charge in [0, 0.05) is 31.7 Å². The maximum atomic E-state index is 14.4. The lowest BCUT2D eigenvalue weighted by Gasteiger charge is -2.38. The van der Waals surface area contributed by atoms with Crippen molar-refractivity contribution in [2.24, 2.45) is 17.3 Å². The van der Waals surface area contributed by atoms with Crippen molar-refractivity contribution < 1.29 is 46.4 Å². The number of carbonyl (C=O) groups excluding carboxylic acids is 1. The van der Waals surface area contributed by atoms with E-state index in [2.05, 4.69) is 33.9 Å². The summed E-state index contributed by atoms with van der Waals surface area (Å²) in [5.41, 5.74) is 0.410. The van der Waals surface area contributed by atoms with Gasteiger partial charge in [-0.2, -0.15) is 4.31 Å². The Kier molecular flexibility index (Phi) is 12.1. The standard InChI is InChI=1S/C37H55NO10SSi/c1-36(2,3)50(6,7)47-18-16-37(4,5)24-38(49(41,42)28-13-14-31-32(21-28)46-25-45-31)22-30(39)27(19-26-11-9-8-10-12-26)20-34(40)48-33-23-44-35-29(33)15-17-43-35/h8-14,21,27,29-30,33,35,39H,15-20,22-25H2,1-7H3/t27-,29+,30-,33+,35-/m1/s1. The van der Waals surface area contributed by atoms with E-state index in [1.165, 1.54) is 16.4 Å². The predicted molar refractivity (Wildman–Crippen MR) is 191 cm³/mol. The number of hydrogen-bond donors (Lipinski definition) is 1. The molecule has 5 atom stereocenters. The molecular weight excluding hydrogens is 679 g/mol. The Labute approximate surface area is 298 Å². The van der Waals surface area contributed by atoms with Crippen LogP contribution in [0.2, 0.25) is 18.1 Å². The van der Waals surface area contributed by atoms with E-state index in [4.69, 9.17) is 28.1 Å². The normalized spacial score (nSPS) is 22.1. The number of aliphatic hydroxyl groups excluding tert-OH is 1. The molecule has 11 nitrogen and oxygen atoms in total. The molecule has 0 unspecified atom stereocenters. The van der Waals surface area contributed by atoms with E-state index in [1.807, 2.05) is 44.2 Å². The van der Waals surface area contributed by atoms with Gasteiger partial charge in [0.15, 0.2) is 26.1 Å². The minimum absolute atomic E-state index is 0.0124. The monoisotopic (exact) mass is 733 g/mol. The molecule has 3 aliphatic rings. The van der Waals surface area contributed by atoms with Crippen LogP contribution in [0.5, 0.6) is 11.5 Å². The lowest BCUT2D eigenvalue weighted by Crippen LogP contribution is -2.46. The van der Waals surface area contributed by atoms with Gasteiger partial charge in [0.25, 0.3) is 0 Å². The van der Waals surface area contributed by atoms with Crippen LogP contribution in [0.3, 0.4) is 0 Å². The highest BCUT2D eigenvalue weighted by Gasteiger charge is 2.44. The zero-order chi connectivity index (χ0) is 36.3. The Hall–Kier alpha value is -2.52. The van der Waals surface area contributed by atoms with E-state index >= 15 is 0 Å². The summed E-state index contributed by atoms with van der Waals surface area (Å²) in [6, 6.07) is 14.1. The molecule has 0 spiro atoms. The van der Waals surface area contributed by atoms with Gasteiger partial charge < -0.3 is 33.2 Å². The van der Waals surface area contributed by atoms with Crippen LogP contribution in [0.25, 0.3) is 0 Å². The summed E-state index contributed by atoms with van der Waals surface area (Å²) in [7, 11) is -6.15. The molecule has 3 heterocycles. The maximum absolute atomic E-state index is 14.4. The van der Waals surface area contributed by atoms with Crippen LogP contribution in [-0.4, -0.2) is 90.3 Å². The van der Waals surface area contributed by atoms with Crippen LogP contribution in [-0.2, 0) is 39.9 Å². The molecule has 0 saturated carbocycles. The number of sulfonamides is 1. The fourth-order valence-corrected chi connectivity index (χ4v) is 9.09. The number of fused-ring (bicyclic) bond motifs is 2. The van der Waals surface area contributed by atoms with Crippen LogP contribution in [0.15, 0.2) is 53.4 Å². The quantitative estimate of drug-likeness (QED) is 0.168. The molecule has 1 N–H and O–H groups in total. The third-order valence-electron chi connectivity index (χ3n) is 10.6. The fraction of sp³-hybridized carbons (Fsp3) is 0.649. The summed E-state index contributed by atoms with van der Waals surface area (Å²) < 4.78 is 64.7. The second-order valence-electron chi connectivity index (χ2n) is 16.1. The van der Waals surface area contributed by atoms with Gasteiger partial charge in [-0.15, -0.1) is 0 Å². The number of rotatable bonds is 16. The van der Waals surface area contributed by atoms with Crippen molar-refractivity contribution in [1.82, 2.24) is 4.31 Å². The summed E-state index contributed by atoms with van der Waals surface area (Å²) in [5, 5.41) is 12.0. The number of carbonyl (C=O) groups is 1. The SMILES string of the molecule is CC(C)(CCO[Si](C)(C)C(C)(C)C)CN(C[C@@H](O)[C@@H](CC(=O)O[C@H]1CO[C@H]2OCC[C@H]21)Cc1ccccc1)S(=O)(=O)c1ccc2c(c1)OCO2. The number of benzene rings is 2. The fourth-order valence-electron chi connectivity index (χ4n) is 6.39. The molecule has 2 saturated heterocycles. The Morgan fingerprint density at radius 3 is 2.48 bits per heavy atom. The summed E-state index contributed by atoms with van der Waals surface area (Å²) in [6.07, 6.45) is -0.333. The van der Waals surface area contributed by atoms with Gasteiger partial charge in [-0.25, -0.2) is 8.42 Å². The predicted octanol–water partition coefficient (Wildman–Crippen LogP) is 5.76. The largest absolute Gasteiger partial charge is 0.459 e. The molecule has 2 fully saturated rings. The van der Waals surface area contributed by atoms with E-state index < -0.39 is 47.9 Å². The van der Waals surface area contributed by atoms with Crippen molar-refractivity contribution in [1.29, 1.82) is 0 Å². The highest BCUT2D eigenvalue weighted by atomic mass is 32.2. The van der Waals surface area contributed by atoms with Crippen molar-refractivity contribution in [3.8, 4) is 11.5 Å². The van der Waals surface area contributed by atoms with Crippen molar-refractivity contribution in [3.05, 3.63) is 54.1 Å². The van der Waals surface area contributed by atoms with Gasteiger partial charge in [0.1, 0.15) is 6.10 Å². The molecule has 0 aromatic heterocycles. The number of hydrogen-bond acceptors (Lipinski definition) is 10. The highest BCUT2D eigenvalue weighted by Crippen LogP contribution is 2.39. The minimum atomic E-state index is -4.13.